The van der Waals surface area contributed by atoms with Crippen LogP contribution in [0.4, 0.5) is 0 Å². The Morgan fingerprint density at radius 1 is 0.783 bits per heavy atom. The molecule has 0 bridgehead atoms. The van der Waals surface area contributed by atoms with E-state index >= 15 is 0 Å². The Bertz CT molecular complexity index is 780. The average Bonchev–Trinajstić information content (AvgIpc) is 2.63. The second-order valence-electron chi connectivity index (χ2n) is 5.28. The second-order valence-corrected chi connectivity index (χ2v) is 7.47. The fourth-order valence-corrected chi connectivity index (χ4v) is 5.23. The molecule has 0 aliphatic rings. The summed E-state index contributed by atoms with van der Waals surface area (Å²) in [7, 11) is -0.717. The Morgan fingerprint density at radius 2 is 1.35 bits per heavy atom. The molecule has 23 heavy (non-hydrogen) atoms. The van der Waals surface area contributed by atoms with Crippen molar-refractivity contribution in [3.8, 4) is 6.07 Å². The van der Waals surface area contributed by atoms with Gasteiger partial charge in [-0.25, -0.2) is 0 Å². The van der Waals surface area contributed by atoms with Crippen molar-refractivity contribution >= 4 is 23.8 Å². The normalized spacial score (nSPS) is 10.5. The standard InChI is InChI=1S/C21H18NP/c1-2-17-10-9-15-21(20(17)16-22)23(18-11-5-3-6-12-18)19-13-7-4-8-14-19/h3-15H,2H2,1H3. The predicted octanol–water partition coefficient (Wildman–Crippen LogP) is 3.88. The van der Waals surface area contributed by atoms with Crippen molar-refractivity contribution < 1.29 is 0 Å². The number of rotatable bonds is 4. The Hall–Kier alpha value is -2.42. The quantitative estimate of drug-likeness (QED) is 0.670. The molecule has 0 amide bonds. The first-order valence-electron chi connectivity index (χ1n) is 7.77. The first kappa shape index (κ1) is 15.5. The average molecular weight is 315 g/mol. The molecule has 0 unspecified atom stereocenters. The Balaban J connectivity index is 2.24. The molecule has 0 fully saturated rings. The molecule has 112 valence electrons. The van der Waals surface area contributed by atoms with Gasteiger partial charge in [0.05, 0.1) is 5.56 Å². The highest BCUT2D eigenvalue weighted by molar-refractivity contribution is 7.80. The van der Waals surface area contributed by atoms with E-state index < -0.39 is 7.92 Å². The van der Waals surface area contributed by atoms with Crippen molar-refractivity contribution in [3.05, 3.63) is 90.0 Å². The molecule has 3 aromatic rings. The maximum absolute atomic E-state index is 9.73. The van der Waals surface area contributed by atoms with Crippen LogP contribution < -0.4 is 15.9 Å². The van der Waals surface area contributed by atoms with Crippen LogP contribution in [0.5, 0.6) is 0 Å². The molecule has 0 aromatic heterocycles. The fourth-order valence-electron chi connectivity index (χ4n) is 2.78. The molecule has 0 N–H and O–H groups in total. The monoisotopic (exact) mass is 315 g/mol. The van der Waals surface area contributed by atoms with Crippen molar-refractivity contribution in [2.24, 2.45) is 0 Å². The summed E-state index contributed by atoms with van der Waals surface area (Å²) in [6, 6.07) is 29.7. The van der Waals surface area contributed by atoms with Gasteiger partial charge in [0, 0.05) is 5.30 Å². The first-order valence-corrected chi connectivity index (χ1v) is 9.11. The Labute approximate surface area is 139 Å². The zero-order chi connectivity index (χ0) is 16.1. The van der Waals surface area contributed by atoms with Crippen LogP contribution in [0.25, 0.3) is 0 Å². The van der Waals surface area contributed by atoms with Gasteiger partial charge in [0.15, 0.2) is 0 Å². The summed E-state index contributed by atoms with van der Waals surface area (Å²) in [5.41, 5.74) is 1.97. The van der Waals surface area contributed by atoms with E-state index in [1.807, 2.05) is 12.1 Å². The van der Waals surface area contributed by atoms with Crippen LogP contribution in [-0.2, 0) is 6.42 Å². The zero-order valence-corrected chi connectivity index (χ0v) is 14.0. The van der Waals surface area contributed by atoms with E-state index in [1.165, 1.54) is 10.6 Å². The number of benzene rings is 3. The van der Waals surface area contributed by atoms with Gasteiger partial charge in [0.2, 0.25) is 0 Å². The summed E-state index contributed by atoms with van der Waals surface area (Å²) in [6.45, 7) is 2.10. The van der Waals surface area contributed by atoms with E-state index in [9.17, 15) is 5.26 Å². The molecular formula is C21H18NP. The third-order valence-corrected chi connectivity index (χ3v) is 6.37. The van der Waals surface area contributed by atoms with E-state index in [-0.39, 0.29) is 0 Å². The van der Waals surface area contributed by atoms with E-state index in [4.69, 9.17) is 0 Å². The summed E-state index contributed by atoms with van der Waals surface area (Å²) in [5, 5.41) is 13.4. The largest absolute Gasteiger partial charge is 0.192 e. The maximum atomic E-state index is 9.73. The van der Waals surface area contributed by atoms with Crippen LogP contribution >= 0.6 is 7.92 Å². The molecule has 0 heterocycles. The van der Waals surface area contributed by atoms with Crippen molar-refractivity contribution in [2.45, 2.75) is 13.3 Å². The van der Waals surface area contributed by atoms with Crippen molar-refractivity contribution in [2.75, 3.05) is 0 Å². The Kier molecular flexibility index (Phi) is 4.86. The third kappa shape index (κ3) is 3.19. The topological polar surface area (TPSA) is 23.8 Å². The van der Waals surface area contributed by atoms with E-state index in [2.05, 4.69) is 79.7 Å². The van der Waals surface area contributed by atoms with Gasteiger partial charge < -0.3 is 0 Å². The summed E-state index contributed by atoms with van der Waals surface area (Å²) < 4.78 is 0. The summed E-state index contributed by atoms with van der Waals surface area (Å²) in [4.78, 5) is 0. The second kappa shape index (κ2) is 7.23. The number of aryl methyl sites for hydroxylation is 1. The van der Waals surface area contributed by atoms with Crippen LogP contribution in [0.3, 0.4) is 0 Å². The van der Waals surface area contributed by atoms with Crippen LogP contribution in [0.2, 0.25) is 0 Å². The minimum Gasteiger partial charge on any atom is -0.192 e. The van der Waals surface area contributed by atoms with Crippen molar-refractivity contribution in [3.63, 3.8) is 0 Å². The fraction of sp³-hybridized carbons (Fsp3) is 0.0952. The summed E-state index contributed by atoms with van der Waals surface area (Å²) in [6.07, 6.45) is 0.878. The molecule has 3 aromatic carbocycles. The predicted molar refractivity (Wildman–Crippen MR) is 99.2 cm³/mol. The smallest absolute Gasteiger partial charge is 0.100 e. The van der Waals surface area contributed by atoms with Gasteiger partial charge in [-0.3, -0.25) is 0 Å². The van der Waals surface area contributed by atoms with Crippen LogP contribution in [0, 0.1) is 11.3 Å². The molecule has 3 rings (SSSR count). The highest BCUT2D eigenvalue weighted by atomic mass is 31.1. The zero-order valence-electron chi connectivity index (χ0n) is 13.1. The van der Waals surface area contributed by atoms with Crippen molar-refractivity contribution in [1.29, 1.82) is 5.26 Å². The first-order chi connectivity index (χ1) is 11.3. The summed E-state index contributed by atoms with van der Waals surface area (Å²) in [5.74, 6) is 0. The lowest BCUT2D eigenvalue weighted by atomic mass is 10.1. The molecule has 0 spiro atoms. The number of hydrogen-bond donors (Lipinski definition) is 0. The number of nitriles is 1. The van der Waals surface area contributed by atoms with Gasteiger partial charge in [-0.05, 0) is 30.5 Å². The third-order valence-electron chi connectivity index (χ3n) is 3.89. The Morgan fingerprint density at radius 3 is 1.83 bits per heavy atom. The van der Waals surface area contributed by atoms with Crippen LogP contribution in [0.15, 0.2) is 78.9 Å². The maximum Gasteiger partial charge on any atom is 0.100 e. The van der Waals surface area contributed by atoms with Crippen LogP contribution in [-0.4, -0.2) is 0 Å². The van der Waals surface area contributed by atoms with Gasteiger partial charge in [0.1, 0.15) is 6.07 Å². The number of nitrogens with zero attached hydrogens (tertiary/aromatic N) is 1. The SMILES string of the molecule is CCc1cccc(P(c2ccccc2)c2ccccc2)c1C#N. The van der Waals surface area contributed by atoms with Crippen LogP contribution in [0.1, 0.15) is 18.1 Å². The van der Waals surface area contributed by atoms with Gasteiger partial charge >= 0.3 is 0 Å². The van der Waals surface area contributed by atoms with E-state index in [0.29, 0.717) is 0 Å². The van der Waals surface area contributed by atoms with Gasteiger partial charge in [0.25, 0.3) is 0 Å². The van der Waals surface area contributed by atoms with E-state index in [0.717, 1.165) is 22.9 Å². The molecular weight excluding hydrogens is 297 g/mol. The molecule has 0 aliphatic heterocycles. The number of hydrogen-bond acceptors (Lipinski definition) is 1. The lowest BCUT2D eigenvalue weighted by Gasteiger charge is -2.21. The highest BCUT2D eigenvalue weighted by Gasteiger charge is 2.20. The molecule has 0 saturated heterocycles. The van der Waals surface area contributed by atoms with Gasteiger partial charge in [-0.2, -0.15) is 5.26 Å². The van der Waals surface area contributed by atoms with Gasteiger partial charge in [-0.15, -0.1) is 0 Å². The molecule has 0 aliphatic carbocycles. The molecule has 0 radical (unpaired) electrons. The molecule has 1 nitrogen and oxygen atoms in total. The lowest BCUT2D eigenvalue weighted by Crippen LogP contribution is -2.23. The van der Waals surface area contributed by atoms with E-state index in [1.54, 1.807) is 0 Å². The minimum atomic E-state index is -0.717. The summed E-state index contributed by atoms with van der Waals surface area (Å²) >= 11 is 0. The minimum absolute atomic E-state index is 0.717. The lowest BCUT2D eigenvalue weighted by molar-refractivity contribution is 1.13. The van der Waals surface area contributed by atoms with Crippen molar-refractivity contribution in [1.82, 2.24) is 0 Å². The molecule has 2 heteroatoms. The highest BCUT2D eigenvalue weighted by Crippen LogP contribution is 2.34. The molecule has 0 saturated carbocycles. The molecule has 0 atom stereocenters. The van der Waals surface area contributed by atoms with Gasteiger partial charge in [-0.1, -0.05) is 85.8 Å².